The molecule has 0 unspecified atom stereocenters. The lowest BCUT2D eigenvalue weighted by atomic mass is 10.0. The molecular formula is C27H26F3N3O7. The summed E-state index contributed by atoms with van der Waals surface area (Å²) in [5.74, 6) is -0.310. The van der Waals surface area contributed by atoms with Gasteiger partial charge in [0.1, 0.15) is 30.4 Å². The van der Waals surface area contributed by atoms with Crippen molar-refractivity contribution in [3.8, 4) is 11.4 Å². The van der Waals surface area contributed by atoms with E-state index >= 15 is 0 Å². The Balaban J connectivity index is 1.31. The maximum Gasteiger partial charge on any atom is 0.573 e. The van der Waals surface area contributed by atoms with Crippen LogP contribution in [-0.2, 0) is 23.7 Å². The molecule has 0 saturated carbocycles. The number of aromatic nitrogens is 2. The molecule has 2 heterocycles. The molecule has 1 fully saturated rings. The number of alkyl halides is 3. The van der Waals surface area contributed by atoms with Crippen LogP contribution in [0.15, 0.2) is 60.9 Å². The predicted octanol–water partition coefficient (Wildman–Crippen LogP) is 5.03. The maximum absolute atomic E-state index is 12.7. The van der Waals surface area contributed by atoms with E-state index in [0.717, 1.165) is 16.3 Å². The number of nitrogens with one attached hydrogen (secondary N) is 1. The first-order valence-electron chi connectivity index (χ1n) is 12.1. The highest BCUT2D eigenvalue weighted by molar-refractivity contribution is 6.06. The highest BCUT2D eigenvalue weighted by Crippen LogP contribution is 2.30. The first-order chi connectivity index (χ1) is 19.2. The Morgan fingerprint density at radius 3 is 2.42 bits per heavy atom. The molecule has 1 amide bonds. The summed E-state index contributed by atoms with van der Waals surface area (Å²) in [7, 11) is 4.52. The highest BCUT2D eigenvalue weighted by Gasteiger charge is 2.43. The van der Waals surface area contributed by atoms with Gasteiger partial charge in [0.2, 0.25) is 6.29 Å². The molecule has 1 saturated heterocycles. The van der Waals surface area contributed by atoms with Crippen molar-refractivity contribution >= 4 is 33.6 Å². The number of nitrogens with zero attached hydrogens (tertiary/aromatic N) is 2. The van der Waals surface area contributed by atoms with Crippen LogP contribution in [0, 0.1) is 0 Å². The highest BCUT2D eigenvalue weighted by atomic mass is 19.4. The number of ether oxygens (including phenoxy) is 6. The summed E-state index contributed by atoms with van der Waals surface area (Å²) in [4.78, 5) is 17.2. The summed E-state index contributed by atoms with van der Waals surface area (Å²) in [6.45, 7) is 0.164. The molecule has 1 N–H and O–H groups in total. The van der Waals surface area contributed by atoms with E-state index in [0.29, 0.717) is 16.9 Å². The number of hydrogen-bond acceptors (Lipinski definition) is 8. The van der Waals surface area contributed by atoms with Crippen molar-refractivity contribution in [2.45, 2.75) is 31.0 Å². The standard InChI is InChI=1S/C27H26F3N3O7/c1-35-21-13-38-25(24(37-3)23(21)36-2)39-26(34)32-16-5-10-19-15(12-16)4-11-20-22(19)31-14-33(20)17-6-8-18(9-7-17)40-27(28,29)30/h4-12,14,21,23-25H,13H2,1-3H3,(H,32,34)/t21-,23+,24+,25-/m0/s1. The van der Waals surface area contributed by atoms with Gasteiger partial charge in [-0.25, -0.2) is 9.78 Å². The Morgan fingerprint density at radius 2 is 1.75 bits per heavy atom. The van der Waals surface area contributed by atoms with Gasteiger partial charge in [-0.3, -0.25) is 9.88 Å². The van der Waals surface area contributed by atoms with Crippen LogP contribution in [0.25, 0.3) is 27.5 Å². The molecule has 1 aromatic heterocycles. The summed E-state index contributed by atoms with van der Waals surface area (Å²) in [6, 6.07) is 14.5. The fraction of sp³-hybridized carbons (Fsp3) is 0.333. The average molecular weight is 562 g/mol. The number of rotatable bonds is 7. The van der Waals surface area contributed by atoms with E-state index in [2.05, 4.69) is 15.0 Å². The van der Waals surface area contributed by atoms with Crippen LogP contribution in [-0.4, -0.2) is 74.5 Å². The van der Waals surface area contributed by atoms with Crippen molar-refractivity contribution in [3.63, 3.8) is 0 Å². The minimum atomic E-state index is -4.76. The molecular weight excluding hydrogens is 535 g/mol. The molecule has 0 radical (unpaired) electrons. The summed E-state index contributed by atoms with van der Waals surface area (Å²) >= 11 is 0. The van der Waals surface area contributed by atoms with E-state index in [1.807, 2.05) is 18.2 Å². The number of methoxy groups -OCH3 is 3. The molecule has 10 nitrogen and oxygen atoms in total. The van der Waals surface area contributed by atoms with Crippen LogP contribution >= 0.6 is 0 Å². The number of carbonyl (C=O) groups excluding carboxylic acids is 1. The van der Waals surface area contributed by atoms with Crippen LogP contribution < -0.4 is 10.1 Å². The molecule has 212 valence electrons. The first kappa shape index (κ1) is 27.6. The average Bonchev–Trinajstić information content (AvgIpc) is 3.36. The molecule has 0 bridgehead atoms. The molecule has 4 aromatic rings. The van der Waals surface area contributed by atoms with Crippen LogP contribution in [0.1, 0.15) is 0 Å². The van der Waals surface area contributed by atoms with Crippen LogP contribution in [0.3, 0.4) is 0 Å². The topological polar surface area (TPSA) is 102 Å². The van der Waals surface area contributed by atoms with Gasteiger partial charge in [0, 0.05) is 38.1 Å². The molecule has 0 aliphatic carbocycles. The number of benzene rings is 3. The zero-order chi connectivity index (χ0) is 28.4. The predicted molar refractivity (Wildman–Crippen MR) is 137 cm³/mol. The second-order valence-electron chi connectivity index (χ2n) is 8.93. The third kappa shape index (κ3) is 5.68. The van der Waals surface area contributed by atoms with Gasteiger partial charge in [-0.2, -0.15) is 0 Å². The molecule has 5 rings (SSSR count). The molecule has 0 spiro atoms. The Labute approximate surface area is 226 Å². The SMILES string of the molecule is CO[C@H]1[C@H](OC(=O)Nc2ccc3c(ccc4c3ncn4-c3ccc(OC(F)(F)F)cc3)c2)OC[C@H](OC)[C@H]1OC. The summed E-state index contributed by atoms with van der Waals surface area (Å²) in [5, 5.41) is 4.32. The minimum absolute atomic E-state index is 0.164. The van der Waals surface area contributed by atoms with Crippen molar-refractivity contribution in [2.24, 2.45) is 0 Å². The Kier molecular flexibility index (Phi) is 7.81. The lowest BCUT2D eigenvalue weighted by Gasteiger charge is -2.39. The molecule has 4 atom stereocenters. The van der Waals surface area contributed by atoms with Gasteiger partial charge in [0.25, 0.3) is 0 Å². The van der Waals surface area contributed by atoms with Gasteiger partial charge >= 0.3 is 12.5 Å². The Morgan fingerprint density at radius 1 is 1.00 bits per heavy atom. The van der Waals surface area contributed by atoms with Crippen LogP contribution in [0.4, 0.5) is 23.7 Å². The van der Waals surface area contributed by atoms with Crippen molar-refractivity contribution < 1.29 is 46.4 Å². The number of halogens is 3. The third-order valence-electron chi connectivity index (χ3n) is 6.58. The zero-order valence-corrected chi connectivity index (χ0v) is 21.7. The number of carbonyl (C=O) groups is 1. The first-order valence-corrected chi connectivity index (χ1v) is 12.1. The van der Waals surface area contributed by atoms with E-state index in [-0.39, 0.29) is 18.5 Å². The molecule has 40 heavy (non-hydrogen) atoms. The smallest absolute Gasteiger partial charge is 0.416 e. The van der Waals surface area contributed by atoms with E-state index in [9.17, 15) is 18.0 Å². The number of imidazole rings is 1. The van der Waals surface area contributed by atoms with E-state index < -0.39 is 31.0 Å². The molecule has 3 aromatic carbocycles. The Bertz CT molecular complexity index is 1490. The van der Waals surface area contributed by atoms with Crippen molar-refractivity contribution in [1.29, 1.82) is 0 Å². The summed E-state index contributed by atoms with van der Waals surface area (Å²) in [6.07, 6.45) is -6.46. The third-order valence-corrected chi connectivity index (χ3v) is 6.58. The van der Waals surface area contributed by atoms with E-state index in [1.54, 1.807) is 23.0 Å². The fourth-order valence-electron chi connectivity index (χ4n) is 4.73. The Hall–Kier alpha value is -3.91. The quantitative estimate of drug-likeness (QED) is 0.336. The maximum atomic E-state index is 12.7. The summed E-state index contributed by atoms with van der Waals surface area (Å²) < 4.78 is 70.5. The monoisotopic (exact) mass is 561 g/mol. The zero-order valence-electron chi connectivity index (χ0n) is 21.7. The second-order valence-corrected chi connectivity index (χ2v) is 8.93. The van der Waals surface area contributed by atoms with Gasteiger partial charge in [-0.05, 0) is 47.9 Å². The number of amides is 1. The van der Waals surface area contributed by atoms with Crippen molar-refractivity contribution in [3.05, 3.63) is 60.9 Å². The van der Waals surface area contributed by atoms with Gasteiger partial charge in [-0.1, -0.05) is 12.1 Å². The molecule has 1 aliphatic rings. The lowest BCUT2D eigenvalue weighted by Crippen LogP contribution is -2.56. The normalized spacial score (nSPS) is 21.4. The van der Waals surface area contributed by atoms with Crippen LogP contribution in [0.5, 0.6) is 5.75 Å². The van der Waals surface area contributed by atoms with E-state index in [4.69, 9.17) is 23.7 Å². The molecule has 13 heteroatoms. The van der Waals surface area contributed by atoms with Gasteiger partial charge in [-0.15, -0.1) is 13.2 Å². The number of anilines is 1. The molecule has 1 aliphatic heterocycles. The van der Waals surface area contributed by atoms with E-state index in [1.165, 1.54) is 45.6 Å². The number of hydrogen-bond donors (Lipinski definition) is 1. The van der Waals surface area contributed by atoms with Crippen LogP contribution in [0.2, 0.25) is 0 Å². The fourth-order valence-corrected chi connectivity index (χ4v) is 4.73. The van der Waals surface area contributed by atoms with Crippen molar-refractivity contribution in [1.82, 2.24) is 9.55 Å². The largest absolute Gasteiger partial charge is 0.573 e. The van der Waals surface area contributed by atoms with Gasteiger partial charge < -0.3 is 28.4 Å². The van der Waals surface area contributed by atoms with Gasteiger partial charge in [0.05, 0.1) is 17.6 Å². The minimum Gasteiger partial charge on any atom is -0.416 e. The van der Waals surface area contributed by atoms with Gasteiger partial charge in [0.15, 0.2) is 0 Å². The number of fused-ring (bicyclic) bond motifs is 3. The van der Waals surface area contributed by atoms with Crippen molar-refractivity contribution in [2.75, 3.05) is 33.3 Å². The second kappa shape index (κ2) is 11.3. The lowest BCUT2D eigenvalue weighted by molar-refractivity contribution is -0.274. The summed E-state index contributed by atoms with van der Waals surface area (Å²) in [5.41, 5.74) is 2.53.